The van der Waals surface area contributed by atoms with Crippen molar-refractivity contribution in [3.05, 3.63) is 16.1 Å². The predicted octanol–water partition coefficient (Wildman–Crippen LogP) is 2.67. The number of hydrogen-bond donors (Lipinski definition) is 1. The first kappa shape index (κ1) is 12.0. The van der Waals surface area contributed by atoms with Crippen LogP contribution in [0, 0.1) is 0 Å². The molecule has 0 saturated heterocycles. The van der Waals surface area contributed by atoms with E-state index in [0.717, 1.165) is 31.6 Å². The van der Waals surface area contributed by atoms with E-state index in [1.165, 1.54) is 17.8 Å². The molecule has 90 valence electrons. The van der Waals surface area contributed by atoms with Gasteiger partial charge in [-0.25, -0.2) is 4.98 Å². The highest BCUT2D eigenvalue weighted by Crippen LogP contribution is 2.42. The largest absolute Gasteiger partial charge is 0.371 e. The molecular weight excluding hydrogens is 220 g/mol. The summed E-state index contributed by atoms with van der Waals surface area (Å²) in [5.74, 6) is 0. The highest BCUT2D eigenvalue weighted by molar-refractivity contribution is 7.09. The standard InChI is InChI=1S/C12H20N2OS/c1-3-13-8-10-9-16-11(14-10)12(15-2)6-4-5-7-12/h9,13H,3-8H2,1-2H3. The second kappa shape index (κ2) is 5.25. The molecule has 3 nitrogen and oxygen atoms in total. The molecule has 0 unspecified atom stereocenters. The lowest BCUT2D eigenvalue weighted by atomic mass is 10.0. The van der Waals surface area contributed by atoms with Crippen molar-refractivity contribution in [2.45, 2.75) is 44.8 Å². The maximum atomic E-state index is 5.73. The number of nitrogens with zero attached hydrogens (tertiary/aromatic N) is 1. The lowest BCUT2D eigenvalue weighted by molar-refractivity contribution is -0.00897. The zero-order valence-corrected chi connectivity index (χ0v) is 10.9. The molecule has 1 heterocycles. The molecule has 0 aliphatic heterocycles. The Morgan fingerprint density at radius 3 is 2.88 bits per heavy atom. The van der Waals surface area contributed by atoms with Gasteiger partial charge in [0.15, 0.2) is 0 Å². The smallest absolute Gasteiger partial charge is 0.125 e. The number of rotatable bonds is 5. The van der Waals surface area contributed by atoms with Gasteiger partial charge in [-0.2, -0.15) is 0 Å². The van der Waals surface area contributed by atoms with Crippen LogP contribution in [0.3, 0.4) is 0 Å². The summed E-state index contributed by atoms with van der Waals surface area (Å²) in [7, 11) is 1.82. The third kappa shape index (κ3) is 2.29. The first-order valence-electron chi connectivity index (χ1n) is 6.01. The van der Waals surface area contributed by atoms with Gasteiger partial charge in [0.1, 0.15) is 10.6 Å². The van der Waals surface area contributed by atoms with Gasteiger partial charge < -0.3 is 10.1 Å². The van der Waals surface area contributed by atoms with Crippen molar-refractivity contribution in [2.75, 3.05) is 13.7 Å². The molecule has 2 rings (SSSR count). The first-order valence-corrected chi connectivity index (χ1v) is 6.89. The molecule has 0 radical (unpaired) electrons. The number of methoxy groups -OCH3 is 1. The quantitative estimate of drug-likeness (QED) is 0.859. The summed E-state index contributed by atoms with van der Waals surface area (Å²) in [6.45, 7) is 3.97. The molecule has 0 spiro atoms. The van der Waals surface area contributed by atoms with Crippen molar-refractivity contribution in [1.29, 1.82) is 0 Å². The first-order chi connectivity index (χ1) is 7.80. The Balaban J connectivity index is 2.10. The van der Waals surface area contributed by atoms with Crippen LogP contribution in [0.15, 0.2) is 5.38 Å². The molecule has 1 fully saturated rings. The fraction of sp³-hybridized carbons (Fsp3) is 0.750. The summed E-state index contributed by atoms with van der Waals surface area (Å²) < 4.78 is 5.73. The van der Waals surface area contributed by atoms with Crippen molar-refractivity contribution in [3.63, 3.8) is 0 Å². The van der Waals surface area contributed by atoms with Crippen LogP contribution in [0.2, 0.25) is 0 Å². The summed E-state index contributed by atoms with van der Waals surface area (Å²) in [6.07, 6.45) is 4.77. The van der Waals surface area contributed by atoms with Crippen LogP contribution in [0.5, 0.6) is 0 Å². The van der Waals surface area contributed by atoms with Crippen molar-refractivity contribution < 1.29 is 4.74 Å². The van der Waals surface area contributed by atoms with Gasteiger partial charge in [0.2, 0.25) is 0 Å². The van der Waals surface area contributed by atoms with Crippen LogP contribution < -0.4 is 5.32 Å². The van der Waals surface area contributed by atoms with E-state index < -0.39 is 0 Å². The fourth-order valence-electron chi connectivity index (χ4n) is 2.30. The Bertz CT molecular complexity index is 332. The molecule has 1 N–H and O–H groups in total. The van der Waals surface area contributed by atoms with Crippen LogP contribution in [0.1, 0.15) is 43.3 Å². The molecule has 4 heteroatoms. The monoisotopic (exact) mass is 240 g/mol. The van der Waals surface area contributed by atoms with E-state index in [2.05, 4.69) is 17.6 Å². The molecule has 1 saturated carbocycles. The van der Waals surface area contributed by atoms with Gasteiger partial charge in [-0.3, -0.25) is 0 Å². The summed E-state index contributed by atoms with van der Waals surface area (Å²) in [5, 5.41) is 6.62. The molecule has 1 aromatic rings. The predicted molar refractivity (Wildman–Crippen MR) is 66.6 cm³/mol. The van der Waals surface area contributed by atoms with Gasteiger partial charge in [0.05, 0.1) is 5.69 Å². The molecule has 1 aromatic heterocycles. The van der Waals surface area contributed by atoms with E-state index in [1.807, 2.05) is 7.11 Å². The zero-order valence-electron chi connectivity index (χ0n) is 10.1. The average Bonchev–Trinajstić information content (AvgIpc) is 2.95. The normalized spacial score (nSPS) is 19.1. The van der Waals surface area contributed by atoms with Gasteiger partial charge in [-0.15, -0.1) is 11.3 Å². The van der Waals surface area contributed by atoms with Gasteiger partial charge in [-0.05, 0) is 19.4 Å². The van der Waals surface area contributed by atoms with Crippen molar-refractivity contribution in [2.24, 2.45) is 0 Å². The highest BCUT2D eigenvalue weighted by Gasteiger charge is 2.38. The molecule has 0 atom stereocenters. The minimum absolute atomic E-state index is 0.0743. The lowest BCUT2D eigenvalue weighted by Gasteiger charge is -2.24. The number of aromatic nitrogens is 1. The topological polar surface area (TPSA) is 34.1 Å². The Kier molecular flexibility index (Phi) is 3.95. The van der Waals surface area contributed by atoms with Crippen molar-refractivity contribution >= 4 is 11.3 Å². The molecule has 1 aliphatic carbocycles. The summed E-state index contributed by atoms with van der Waals surface area (Å²) in [6, 6.07) is 0. The van der Waals surface area contributed by atoms with Crippen LogP contribution in [0.4, 0.5) is 0 Å². The van der Waals surface area contributed by atoms with Crippen LogP contribution in [-0.4, -0.2) is 18.6 Å². The molecule has 0 amide bonds. The maximum absolute atomic E-state index is 5.73. The number of hydrogen-bond acceptors (Lipinski definition) is 4. The van der Waals surface area contributed by atoms with E-state index in [0.29, 0.717) is 0 Å². The fourth-order valence-corrected chi connectivity index (χ4v) is 3.36. The van der Waals surface area contributed by atoms with Crippen molar-refractivity contribution in [1.82, 2.24) is 10.3 Å². The van der Waals surface area contributed by atoms with Crippen molar-refractivity contribution in [3.8, 4) is 0 Å². The van der Waals surface area contributed by atoms with Gasteiger partial charge in [0, 0.05) is 19.0 Å². The van der Waals surface area contributed by atoms with E-state index in [-0.39, 0.29) is 5.60 Å². The minimum atomic E-state index is -0.0743. The zero-order chi connectivity index (χ0) is 11.4. The SMILES string of the molecule is CCNCc1csc(C2(OC)CCCC2)n1. The van der Waals surface area contributed by atoms with Gasteiger partial charge in [-0.1, -0.05) is 19.8 Å². The Labute approximate surface area is 101 Å². The molecule has 0 bridgehead atoms. The summed E-state index contributed by atoms with van der Waals surface area (Å²) >= 11 is 1.74. The third-order valence-electron chi connectivity index (χ3n) is 3.30. The molecule has 0 aromatic carbocycles. The van der Waals surface area contributed by atoms with Crippen LogP contribution >= 0.6 is 11.3 Å². The van der Waals surface area contributed by atoms with Gasteiger partial charge in [0.25, 0.3) is 0 Å². The van der Waals surface area contributed by atoms with Gasteiger partial charge >= 0.3 is 0 Å². The number of ether oxygens (including phenoxy) is 1. The second-order valence-corrected chi connectivity index (χ2v) is 5.19. The molecule has 1 aliphatic rings. The van der Waals surface area contributed by atoms with E-state index in [9.17, 15) is 0 Å². The van der Waals surface area contributed by atoms with E-state index in [4.69, 9.17) is 9.72 Å². The Hall–Kier alpha value is -0.450. The third-order valence-corrected chi connectivity index (χ3v) is 4.38. The second-order valence-electron chi connectivity index (χ2n) is 4.33. The molecular formula is C12H20N2OS. The van der Waals surface area contributed by atoms with E-state index in [1.54, 1.807) is 11.3 Å². The van der Waals surface area contributed by atoms with E-state index >= 15 is 0 Å². The highest BCUT2D eigenvalue weighted by atomic mass is 32.1. The average molecular weight is 240 g/mol. The maximum Gasteiger partial charge on any atom is 0.125 e. The minimum Gasteiger partial charge on any atom is -0.371 e. The van der Waals surface area contributed by atoms with Crippen LogP contribution in [-0.2, 0) is 16.9 Å². The molecule has 16 heavy (non-hydrogen) atoms. The van der Waals surface area contributed by atoms with Crippen LogP contribution in [0.25, 0.3) is 0 Å². The lowest BCUT2D eigenvalue weighted by Crippen LogP contribution is -2.24. The summed E-state index contributed by atoms with van der Waals surface area (Å²) in [5.41, 5.74) is 1.07. The number of nitrogens with one attached hydrogen (secondary N) is 1. The Morgan fingerprint density at radius 1 is 1.50 bits per heavy atom. The number of thiazole rings is 1. The Morgan fingerprint density at radius 2 is 2.25 bits per heavy atom. The summed E-state index contributed by atoms with van der Waals surface area (Å²) in [4.78, 5) is 4.70.